The predicted molar refractivity (Wildman–Crippen MR) is 97.9 cm³/mol. The lowest BCUT2D eigenvalue weighted by molar-refractivity contribution is 0.620. The molecule has 0 aliphatic heterocycles. The van der Waals surface area contributed by atoms with E-state index in [1.54, 1.807) is 0 Å². The van der Waals surface area contributed by atoms with Crippen molar-refractivity contribution in [2.24, 2.45) is 4.99 Å². The van der Waals surface area contributed by atoms with Crippen molar-refractivity contribution in [1.29, 1.82) is 0 Å². The number of hydrogen-bond donors (Lipinski definition) is 0. The number of oxazole rings is 1. The zero-order valence-corrected chi connectivity index (χ0v) is 13.3. The lowest BCUT2D eigenvalue weighted by atomic mass is 10.1. The maximum absolute atomic E-state index is 5.85. The SMILES string of the molecule is Cc1ccc(-c2nc3cc(N=Cc4ccccc4)ccc3o2)cc1. The van der Waals surface area contributed by atoms with Crippen molar-refractivity contribution in [2.75, 3.05) is 0 Å². The van der Waals surface area contributed by atoms with Gasteiger partial charge in [0.15, 0.2) is 5.58 Å². The summed E-state index contributed by atoms with van der Waals surface area (Å²) in [6.07, 6.45) is 1.85. The fourth-order valence-corrected chi connectivity index (χ4v) is 2.50. The van der Waals surface area contributed by atoms with Gasteiger partial charge in [0.1, 0.15) is 5.52 Å². The van der Waals surface area contributed by atoms with Gasteiger partial charge in [-0.25, -0.2) is 4.98 Å². The number of rotatable bonds is 3. The number of benzene rings is 3. The van der Waals surface area contributed by atoms with Crippen molar-refractivity contribution in [3.63, 3.8) is 0 Å². The molecule has 0 aliphatic rings. The molecule has 4 rings (SSSR count). The summed E-state index contributed by atoms with van der Waals surface area (Å²) in [5, 5.41) is 0. The Labute approximate surface area is 140 Å². The summed E-state index contributed by atoms with van der Waals surface area (Å²) in [5.41, 5.74) is 5.70. The summed E-state index contributed by atoms with van der Waals surface area (Å²) in [7, 11) is 0. The van der Waals surface area contributed by atoms with Crippen LogP contribution < -0.4 is 0 Å². The van der Waals surface area contributed by atoms with Crippen LogP contribution in [-0.4, -0.2) is 11.2 Å². The highest BCUT2D eigenvalue weighted by Crippen LogP contribution is 2.27. The monoisotopic (exact) mass is 312 g/mol. The molecule has 1 aromatic heterocycles. The molecule has 0 spiro atoms. The van der Waals surface area contributed by atoms with Gasteiger partial charge in [0.2, 0.25) is 5.89 Å². The van der Waals surface area contributed by atoms with Gasteiger partial charge in [0, 0.05) is 11.8 Å². The molecule has 24 heavy (non-hydrogen) atoms. The Morgan fingerprint density at radius 2 is 1.71 bits per heavy atom. The zero-order chi connectivity index (χ0) is 16.4. The molecule has 0 saturated heterocycles. The van der Waals surface area contributed by atoms with E-state index in [4.69, 9.17) is 4.42 Å². The van der Waals surface area contributed by atoms with Crippen molar-refractivity contribution in [3.8, 4) is 11.5 Å². The average molecular weight is 312 g/mol. The molecule has 0 N–H and O–H groups in total. The van der Waals surface area contributed by atoms with Crippen LogP contribution in [-0.2, 0) is 0 Å². The van der Waals surface area contributed by atoms with Gasteiger partial charge in [-0.15, -0.1) is 0 Å². The minimum Gasteiger partial charge on any atom is -0.436 e. The average Bonchev–Trinajstić information content (AvgIpc) is 3.05. The second kappa shape index (κ2) is 6.13. The third-order valence-electron chi connectivity index (χ3n) is 3.83. The third-order valence-corrected chi connectivity index (χ3v) is 3.83. The predicted octanol–water partition coefficient (Wildman–Crippen LogP) is 5.55. The molecule has 116 valence electrons. The molecule has 0 fully saturated rings. The van der Waals surface area contributed by atoms with Gasteiger partial charge in [-0.05, 0) is 42.8 Å². The van der Waals surface area contributed by atoms with Crippen molar-refractivity contribution in [2.45, 2.75) is 6.92 Å². The highest BCUT2D eigenvalue weighted by Gasteiger charge is 2.08. The maximum Gasteiger partial charge on any atom is 0.227 e. The highest BCUT2D eigenvalue weighted by atomic mass is 16.3. The van der Waals surface area contributed by atoms with Gasteiger partial charge >= 0.3 is 0 Å². The molecule has 0 bridgehead atoms. The first-order valence-corrected chi connectivity index (χ1v) is 7.85. The fourth-order valence-electron chi connectivity index (χ4n) is 2.50. The number of nitrogens with zero attached hydrogens (tertiary/aromatic N) is 2. The molecular weight excluding hydrogens is 296 g/mol. The molecule has 0 saturated carbocycles. The summed E-state index contributed by atoms with van der Waals surface area (Å²) < 4.78 is 5.85. The molecule has 0 unspecified atom stereocenters. The molecule has 3 aromatic carbocycles. The molecule has 4 aromatic rings. The summed E-state index contributed by atoms with van der Waals surface area (Å²) in [4.78, 5) is 9.10. The summed E-state index contributed by atoms with van der Waals surface area (Å²) >= 11 is 0. The smallest absolute Gasteiger partial charge is 0.227 e. The molecule has 3 heteroatoms. The number of hydrogen-bond acceptors (Lipinski definition) is 3. The molecule has 1 heterocycles. The van der Waals surface area contributed by atoms with E-state index in [9.17, 15) is 0 Å². The van der Waals surface area contributed by atoms with Crippen molar-refractivity contribution >= 4 is 23.0 Å². The number of aryl methyl sites for hydroxylation is 1. The Bertz CT molecular complexity index is 999. The van der Waals surface area contributed by atoms with Crippen molar-refractivity contribution in [1.82, 2.24) is 4.98 Å². The van der Waals surface area contributed by atoms with Crippen LogP contribution in [0.1, 0.15) is 11.1 Å². The largest absolute Gasteiger partial charge is 0.436 e. The molecule has 0 amide bonds. The van der Waals surface area contributed by atoms with Crippen LogP contribution >= 0.6 is 0 Å². The van der Waals surface area contributed by atoms with Crippen LogP contribution in [0.4, 0.5) is 5.69 Å². The first-order chi connectivity index (χ1) is 11.8. The number of fused-ring (bicyclic) bond motifs is 1. The Balaban J connectivity index is 1.66. The molecule has 0 aliphatic carbocycles. The number of aliphatic imine (C=N–C) groups is 1. The van der Waals surface area contributed by atoms with E-state index < -0.39 is 0 Å². The van der Waals surface area contributed by atoms with E-state index in [-0.39, 0.29) is 0 Å². The van der Waals surface area contributed by atoms with Crippen LogP contribution in [0.15, 0.2) is 82.2 Å². The highest BCUT2D eigenvalue weighted by molar-refractivity contribution is 5.84. The lowest BCUT2D eigenvalue weighted by Crippen LogP contribution is -1.78. The molecule has 3 nitrogen and oxygen atoms in total. The molecular formula is C21H16N2O. The van der Waals surface area contributed by atoms with Gasteiger partial charge in [-0.1, -0.05) is 48.0 Å². The number of aromatic nitrogens is 1. The first kappa shape index (κ1) is 14.4. The molecule has 0 radical (unpaired) electrons. The van der Waals surface area contributed by atoms with E-state index in [0.29, 0.717) is 5.89 Å². The van der Waals surface area contributed by atoms with Gasteiger partial charge in [-0.3, -0.25) is 4.99 Å². The van der Waals surface area contributed by atoms with E-state index in [2.05, 4.69) is 29.0 Å². The second-order valence-electron chi connectivity index (χ2n) is 5.71. The van der Waals surface area contributed by atoms with Gasteiger partial charge in [0.25, 0.3) is 0 Å². The van der Waals surface area contributed by atoms with Crippen LogP contribution in [0, 0.1) is 6.92 Å². The summed E-state index contributed by atoms with van der Waals surface area (Å²) in [6, 6.07) is 24.0. The van der Waals surface area contributed by atoms with Gasteiger partial charge < -0.3 is 4.42 Å². The van der Waals surface area contributed by atoms with Crippen LogP contribution in [0.5, 0.6) is 0 Å². The lowest BCUT2D eigenvalue weighted by Gasteiger charge is -1.95. The van der Waals surface area contributed by atoms with E-state index in [0.717, 1.165) is 27.9 Å². The normalized spacial score (nSPS) is 11.4. The minimum absolute atomic E-state index is 0.634. The quantitative estimate of drug-likeness (QED) is 0.465. The Morgan fingerprint density at radius 1 is 0.917 bits per heavy atom. The van der Waals surface area contributed by atoms with Gasteiger partial charge in [-0.2, -0.15) is 0 Å². The van der Waals surface area contributed by atoms with Crippen LogP contribution in [0.3, 0.4) is 0 Å². The standard InChI is InChI=1S/C21H16N2O/c1-15-7-9-17(10-8-15)21-23-19-13-18(11-12-20(19)24-21)22-14-16-5-3-2-4-6-16/h2-14H,1H3. The van der Waals surface area contributed by atoms with Crippen LogP contribution in [0.25, 0.3) is 22.6 Å². The third kappa shape index (κ3) is 2.97. The van der Waals surface area contributed by atoms with E-state index in [1.165, 1.54) is 5.56 Å². The second-order valence-corrected chi connectivity index (χ2v) is 5.71. The van der Waals surface area contributed by atoms with Crippen molar-refractivity contribution < 1.29 is 4.42 Å². The summed E-state index contributed by atoms with van der Waals surface area (Å²) in [5.74, 6) is 0.634. The zero-order valence-electron chi connectivity index (χ0n) is 13.3. The maximum atomic E-state index is 5.85. The Hall–Kier alpha value is -3.20. The van der Waals surface area contributed by atoms with E-state index >= 15 is 0 Å². The van der Waals surface area contributed by atoms with E-state index in [1.807, 2.05) is 66.9 Å². The van der Waals surface area contributed by atoms with Gasteiger partial charge in [0.05, 0.1) is 5.69 Å². The van der Waals surface area contributed by atoms with Crippen LogP contribution in [0.2, 0.25) is 0 Å². The Morgan fingerprint density at radius 3 is 2.50 bits per heavy atom. The summed E-state index contributed by atoms with van der Waals surface area (Å²) in [6.45, 7) is 2.06. The molecule has 0 atom stereocenters. The van der Waals surface area contributed by atoms with Crippen molar-refractivity contribution in [3.05, 3.63) is 83.9 Å². The Kier molecular flexibility index (Phi) is 3.67. The topological polar surface area (TPSA) is 38.4 Å². The fraction of sp³-hybridized carbons (Fsp3) is 0.0476. The first-order valence-electron chi connectivity index (χ1n) is 7.85. The minimum atomic E-state index is 0.634.